The van der Waals surface area contributed by atoms with Crippen molar-refractivity contribution in [3.05, 3.63) is 66.4 Å². The zero-order chi connectivity index (χ0) is 16.7. The molecule has 0 spiro atoms. The van der Waals surface area contributed by atoms with Gasteiger partial charge in [-0.05, 0) is 42.0 Å². The first-order valence-electron chi connectivity index (χ1n) is 7.41. The zero-order valence-corrected chi connectivity index (χ0v) is 12.6. The van der Waals surface area contributed by atoms with Crippen LogP contribution in [0.3, 0.4) is 0 Å². The minimum Gasteiger partial charge on any atom is -0.369 e. The first-order valence-corrected chi connectivity index (χ1v) is 7.41. The van der Waals surface area contributed by atoms with E-state index in [1.54, 1.807) is 35.4 Å². The molecule has 0 aliphatic heterocycles. The Balaban J connectivity index is 2.04. The lowest BCUT2D eigenvalue weighted by atomic mass is 10.0. The summed E-state index contributed by atoms with van der Waals surface area (Å²) in [7, 11) is 0. The van der Waals surface area contributed by atoms with E-state index in [1.165, 1.54) is 12.1 Å². The number of aromatic nitrogens is 3. The maximum atomic E-state index is 13.2. The van der Waals surface area contributed by atoms with Crippen molar-refractivity contribution in [2.75, 3.05) is 0 Å². The molecule has 4 aromatic rings. The second-order valence-electron chi connectivity index (χ2n) is 5.57. The molecule has 0 unspecified atom stereocenters. The van der Waals surface area contributed by atoms with Gasteiger partial charge in [0.1, 0.15) is 5.82 Å². The molecule has 2 heterocycles. The van der Waals surface area contributed by atoms with Crippen molar-refractivity contribution >= 4 is 27.6 Å². The van der Waals surface area contributed by atoms with Gasteiger partial charge in [0.05, 0.1) is 23.8 Å². The predicted octanol–water partition coefficient (Wildman–Crippen LogP) is 2.74. The lowest BCUT2D eigenvalue weighted by Crippen LogP contribution is -2.14. The summed E-state index contributed by atoms with van der Waals surface area (Å²) in [6, 6.07) is 9.92. The van der Waals surface area contributed by atoms with Gasteiger partial charge in [-0.2, -0.15) is 5.10 Å². The Hall–Kier alpha value is -3.28. The molecule has 0 bridgehead atoms. The normalized spacial score (nSPS) is 11.2. The minimum atomic E-state index is -0.398. The highest BCUT2D eigenvalue weighted by Crippen LogP contribution is 2.30. The number of amides is 1. The Morgan fingerprint density at radius 2 is 1.92 bits per heavy atom. The molecular weight excluding hydrogens is 307 g/mol. The van der Waals surface area contributed by atoms with E-state index in [-0.39, 0.29) is 12.2 Å². The lowest BCUT2D eigenvalue weighted by Gasteiger charge is -2.09. The number of benzene rings is 2. The molecule has 0 saturated heterocycles. The summed E-state index contributed by atoms with van der Waals surface area (Å²) in [6.07, 6.45) is 5.27. The molecule has 0 aliphatic rings. The Morgan fingerprint density at radius 1 is 1.12 bits per heavy atom. The van der Waals surface area contributed by atoms with Crippen LogP contribution in [0.25, 0.3) is 27.4 Å². The van der Waals surface area contributed by atoms with Gasteiger partial charge >= 0.3 is 0 Å². The highest BCUT2D eigenvalue weighted by atomic mass is 19.1. The van der Waals surface area contributed by atoms with Crippen molar-refractivity contribution in [3.63, 3.8) is 0 Å². The summed E-state index contributed by atoms with van der Waals surface area (Å²) < 4.78 is 14.9. The molecule has 1 amide bonds. The van der Waals surface area contributed by atoms with E-state index in [0.29, 0.717) is 0 Å². The topological polar surface area (TPSA) is 73.8 Å². The smallest absolute Gasteiger partial charge is 0.221 e. The molecular formula is C18H13FN4O. The quantitative estimate of drug-likeness (QED) is 0.631. The van der Waals surface area contributed by atoms with Crippen molar-refractivity contribution < 1.29 is 9.18 Å². The van der Waals surface area contributed by atoms with E-state index < -0.39 is 5.91 Å². The average molecular weight is 320 g/mol. The fourth-order valence-corrected chi connectivity index (χ4v) is 2.97. The molecule has 0 radical (unpaired) electrons. The maximum Gasteiger partial charge on any atom is 0.221 e. The highest BCUT2D eigenvalue weighted by molar-refractivity contribution is 6.08. The van der Waals surface area contributed by atoms with Crippen molar-refractivity contribution in [1.82, 2.24) is 14.8 Å². The van der Waals surface area contributed by atoms with Gasteiger partial charge in [-0.1, -0.05) is 0 Å². The molecule has 2 aromatic carbocycles. The average Bonchev–Trinajstić information content (AvgIpc) is 2.99. The molecule has 2 N–H and O–H groups in total. The van der Waals surface area contributed by atoms with E-state index in [4.69, 9.17) is 5.73 Å². The van der Waals surface area contributed by atoms with E-state index in [9.17, 15) is 9.18 Å². The third-order valence-electron chi connectivity index (χ3n) is 3.99. The van der Waals surface area contributed by atoms with Crippen LogP contribution in [0.4, 0.5) is 4.39 Å². The van der Waals surface area contributed by atoms with Gasteiger partial charge in [0.2, 0.25) is 5.91 Å². The van der Waals surface area contributed by atoms with Crippen LogP contribution in [0.1, 0.15) is 5.56 Å². The van der Waals surface area contributed by atoms with Gasteiger partial charge in [-0.25, -0.2) is 9.07 Å². The summed E-state index contributed by atoms with van der Waals surface area (Å²) in [5.74, 6) is -0.696. The van der Waals surface area contributed by atoms with Crippen LogP contribution in [0.5, 0.6) is 0 Å². The van der Waals surface area contributed by atoms with Gasteiger partial charge in [0.25, 0.3) is 0 Å². The summed E-state index contributed by atoms with van der Waals surface area (Å²) in [5, 5.41) is 7.08. The fraction of sp³-hybridized carbons (Fsp3) is 0.0556. The fourth-order valence-electron chi connectivity index (χ4n) is 2.97. The number of carbonyl (C=O) groups is 1. The number of pyridine rings is 1. The van der Waals surface area contributed by atoms with Gasteiger partial charge in [-0.15, -0.1) is 0 Å². The molecule has 2 aromatic heterocycles. The van der Waals surface area contributed by atoms with Crippen LogP contribution >= 0.6 is 0 Å². The molecule has 6 heteroatoms. The van der Waals surface area contributed by atoms with E-state index in [2.05, 4.69) is 10.1 Å². The Morgan fingerprint density at radius 3 is 2.67 bits per heavy atom. The number of fused-ring (bicyclic) bond motifs is 3. The van der Waals surface area contributed by atoms with Crippen molar-refractivity contribution in [1.29, 1.82) is 0 Å². The number of nitrogens with two attached hydrogens (primary N) is 1. The van der Waals surface area contributed by atoms with Crippen LogP contribution in [0.2, 0.25) is 0 Å². The van der Waals surface area contributed by atoms with E-state index in [1.807, 2.05) is 12.1 Å². The first-order chi connectivity index (χ1) is 11.6. The highest BCUT2D eigenvalue weighted by Gasteiger charge is 2.14. The van der Waals surface area contributed by atoms with Gasteiger partial charge < -0.3 is 5.73 Å². The van der Waals surface area contributed by atoms with Crippen molar-refractivity contribution in [2.24, 2.45) is 5.73 Å². The Kier molecular flexibility index (Phi) is 3.23. The van der Waals surface area contributed by atoms with E-state index >= 15 is 0 Å². The second-order valence-corrected chi connectivity index (χ2v) is 5.57. The van der Waals surface area contributed by atoms with Crippen LogP contribution in [-0.2, 0) is 11.2 Å². The van der Waals surface area contributed by atoms with Crippen molar-refractivity contribution in [2.45, 2.75) is 6.42 Å². The molecule has 118 valence electrons. The second kappa shape index (κ2) is 5.42. The number of hydrogen-bond acceptors (Lipinski definition) is 3. The molecule has 24 heavy (non-hydrogen) atoms. The predicted molar refractivity (Wildman–Crippen MR) is 89.2 cm³/mol. The van der Waals surface area contributed by atoms with Crippen molar-refractivity contribution in [3.8, 4) is 5.69 Å². The standard InChI is InChI=1S/C18H13FN4O/c19-13-1-3-14(4-2-13)23-18-12(9-22-23)7-11(8-17(20)24)16-10-21-6-5-15(16)18/h1-7,9-10H,8H2,(H2,20,24). The zero-order valence-electron chi connectivity index (χ0n) is 12.6. The maximum absolute atomic E-state index is 13.2. The van der Waals surface area contributed by atoms with Crippen LogP contribution in [0.15, 0.2) is 55.0 Å². The molecule has 0 fully saturated rings. The number of hydrogen-bond donors (Lipinski definition) is 1. The van der Waals surface area contributed by atoms with Gasteiger partial charge in [-0.3, -0.25) is 9.78 Å². The largest absolute Gasteiger partial charge is 0.369 e. The minimum absolute atomic E-state index is 0.139. The lowest BCUT2D eigenvalue weighted by molar-refractivity contribution is -0.117. The molecule has 0 atom stereocenters. The number of rotatable bonds is 3. The molecule has 0 saturated carbocycles. The molecule has 5 nitrogen and oxygen atoms in total. The third kappa shape index (κ3) is 2.28. The number of primary amides is 1. The van der Waals surface area contributed by atoms with E-state index in [0.717, 1.165) is 32.9 Å². The van der Waals surface area contributed by atoms with Crippen LogP contribution in [-0.4, -0.2) is 20.7 Å². The Bertz CT molecular complexity index is 1070. The monoisotopic (exact) mass is 320 g/mol. The molecule has 4 rings (SSSR count). The molecule has 0 aliphatic carbocycles. The summed E-state index contributed by atoms with van der Waals surface area (Å²) >= 11 is 0. The van der Waals surface area contributed by atoms with Gasteiger partial charge in [0.15, 0.2) is 0 Å². The summed E-state index contributed by atoms with van der Waals surface area (Å²) in [6.45, 7) is 0. The SMILES string of the molecule is NC(=O)Cc1cc2cnn(-c3ccc(F)cc3)c2c2ccncc12. The first kappa shape index (κ1) is 14.3. The van der Waals surface area contributed by atoms with Gasteiger partial charge in [0, 0.05) is 28.6 Å². The number of halogens is 1. The Labute approximate surface area is 136 Å². The summed E-state index contributed by atoms with van der Waals surface area (Å²) in [4.78, 5) is 15.5. The van der Waals surface area contributed by atoms with Crippen LogP contribution < -0.4 is 5.73 Å². The summed E-state index contributed by atoms with van der Waals surface area (Å²) in [5.41, 5.74) is 7.81. The third-order valence-corrected chi connectivity index (χ3v) is 3.99. The number of carbonyl (C=O) groups excluding carboxylic acids is 1. The number of nitrogens with zero attached hydrogens (tertiary/aromatic N) is 3. The van der Waals surface area contributed by atoms with Crippen LogP contribution in [0, 0.1) is 5.82 Å².